The van der Waals surface area contributed by atoms with Gasteiger partial charge >= 0.3 is 5.97 Å². The molecule has 0 radical (unpaired) electrons. The van der Waals surface area contributed by atoms with Crippen LogP contribution in [0.3, 0.4) is 0 Å². The second-order valence-electron chi connectivity index (χ2n) is 11.8. The quantitative estimate of drug-likeness (QED) is 0.0978. The Kier molecular flexibility index (Phi) is 13.3. The van der Waals surface area contributed by atoms with Crippen molar-refractivity contribution in [2.24, 2.45) is 11.8 Å². The molecule has 1 aromatic carbocycles. The first-order valence-corrected chi connectivity index (χ1v) is 16.8. The average Bonchev–Trinajstić information content (AvgIpc) is 3.48. The molecule has 0 unspecified atom stereocenters. The number of unbranched alkanes of at least 4 members (excludes halogenated alkanes) is 3. The summed E-state index contributed by atoms with van der Waals surface area (Å²) in [5.41, 5.74) is 0.965. The molecule has 0 bridgehead atoms. The first-order valence-electron chi connectivity index (χ1n) is 15.4. The zero-order chi connectivity index (χ0) is 29.9. The Morgan fingerprint density at radius 1 is 1.07 bits per heavy atom. The summed E-state index contributed by atoms with van der Waals surface area (Å²) in [5, 5.41) is 11.1. The van der Waals surface area contributed by atoms with Gasteiger partial charge in [-0.2, -0.15) is 8.42 Å². The maximum Gasteiger partial charge on any atom is 0.306 e. The Hall–Kier alpha value is -1.78. The second kappa shape index (κ2) is 16.2. The topological polar surface area (TPSA) is 108 Å². The van der Waals surface area contributed by atoms with Crippen LogP contribution in [0.5, 0.6) is 0 Å². The summed E-state index contributed by atoms with van der Waals surface area (Å²) in [6.45, 7) is 8.84. The highest BCUT2D eigenvalue weighted by Crippen LogP contribution is 2.43. The molecule has 0 spiro atoms. The predicted octanol–water partition coefficient (Wildman–Crippen LogP) is 6.24. The molecule has 2 aliphatic rings. The highest BCUT2D eigenvalue weighted by molar-refractivity contribution is 7.86. The number of aliphatic hydroxyl groups is 1. The Balaban J connectivity index is 1.69. The molecule has 1 aromatic rings. The molecule has 232 valence electrons. The minimum Gasteiger partial charge on any atom is -0.463 e. The molecule has 1 saturated carbocycles. The van der Waals surface area contributed by atoms with Crippen LogP contribution in [0.4, 0.5) is 0 Å². The van der Waals surface area contributed by atoms with E-state index in [1.165, 1.54) is 0 Å². The van der Waals surface area contributed by atoms with Gasteiger partial charge in [0.15, 0.2) is 5.79 Å². The van der Waals surface area contributed by atoms with E-state index in [1.54, 1.807) is 24.3 Å². The van der Waals surface area contributed by atoms with Gasteiger partial charge in [0, 0.05) is 25.7 Å². The molecular formula is C32H50O8S. The van der Waals surface area contributed by atoms with E-state index in [2.05, 4.69) is 6.92 Å². The van der Waals surface area contributed by atoms with Gasteiger partial charge in [-0.3, -0.25) is 8.98 Å². The Bertz CT molecular complexity index is 1060. The molecule has 8 nitrogen and oxygen atoms in total. The third-order valence-corrected chi connectivity index (χ3v) is 9.43. The van der Waals surface area contributed by atoms with Crippen LogP contribution < -0.4 is 0 Å². The summed E-state index contributed by atoms with van der Waals surface area (Å²) in [6, 6.07) is 6.63. The lowest BCUT2D eigenvalue weighted by Gasteiger charge is -2.31. The Morgan fingerprint density at radius 3 is 2.44 bits per heavy atom. The van der Waals surface area contributed by atoms with Gasteiger partial charge in [-0.15, -0.1) is 0 Å². The highest BCUT2D eigenvalue weighted by Gasteiger charge is 2.46. The van der Waals surface area contributed by atoms with Gasteiger partial charge in [0.05, 0.1) is 36.4 Å². The van der Waals surface area contributed by atoms with Crippen molar-refractivity contribution in [2.45, 2.75) is 127 Å². The molecule has 4 atom stereocenters. The van der Waals surface area contributed by atoms with Crippen LogP contribution in [0.1, 0.15) is 97.0 Å². The zero-order valence-electron chi connectivity index (χ0n) is 25.3. The van der Waals surface area contributed by atoms with E-state index in [4.69, 9.17) is 18.4 Å². The van der Waals surface area contributed by atoms with Gasteiger partial charge in [0.1, 0.15) is 0 Å². The van der Waals surface area contributed by atoms with E-state index >= 15 is 0 Å². The predicted molar refractivity (Wildman–Crippen MR) is 158 cm³/mol. The number of ether oxygens (including phenoxy) is 3. The van der Waals surface area contributed by atoms with Gasteiger partial charge in [0.2, 0.25) is 0 Å². The smallest absolute Gasteiger partial charge is 0.306 e. The minimum absolute atomic E-state index is 0.116. The van der Waals surface area contributed by atoms with E-state index in [1.807, 2.05) is 32.9 Å². The van der Waals surface area contributed by atoms with Crippen LogP contribution in [0.2, 0.25) is 0 Å². The van der Waals surface area contributed by atoms with Crippen LogP contribution in [-0.4, -0.2) is 56.8 Å². The molecule has 41 heavy (non-hydrogen) atoms. The van der Waals surface area contributed by atoms with Gasteiger partial charge in [-0.1, -0.05) is 49.6 Å². The molecular weight excluding hydrogens is 544 g/mol. The van der Waals surface area contributed by atoms with Crippen molar-refractivity contribution >= 4 is 16.1 Å². The van der Waals surface area contributed by atoms with Gasteiger partial charge < -0.3 is 19.3 Å². The molecule has 1 aliphatic heterocycles. The Labute approximate surface area is 246 Å². The Morgan fingerprint density at radius 2 is 1.78 bits per heavy atom. The summed E-state index contributed by atoms with van der Waals surface area (Å²) in [5.74, 6) is -1.21. The van der Waals surface area contributed by atoms with Crippen LogP contribution in [-0.2, 0) is 33.3 Å². The minimum atomic E-state index is -4.00. The molecule has 0 amide bonds. The van der Waals surface area contributed by atoms with Crippen LogP contribution >= 0.6 is 0 Å². The fourth-order valence-corrected chi connectivity index (χ4v) is 7.04. The first-order chi connectivity index (χ1) is 19.5. The van der Waals surface area contributed by atoms with Crippen molar-refractivity contribution in [3.63, 3.8) is 0 Å². The largest absolute Gasteiger partial charge is 0.463 e. The zero-order valence-corrected chi connectivity index (χ0v) is 26.1. The number of esters is 1. The fourth-order valence-electron chi connectivity index (χ4n) is 5.91. The molecule has 3 rings (SSSR count). The first kappa shape index (κ1) is 33.7. The van der Waals surface area contributed by atoms with Crippen molar-refractivity contribution in [2.75, 3.05) is 13.2 Å². The highest BCUT2D eigenvalue weighted by atomic mass is 32.2. The van der Waals surface area contributed by atoms with Crippen molar-refractivity contribution < 1.29 is 36.7 Å². The molecule has 0 aromatic heterocycles. The lowest BCUT2D eigenvalue weighted by Crippen LogP contribution is -2.33. The van der Waals surface area contributed by atoms with Crippen LogP contribution in [0, 0.1) is 18.8 Å². The maximum absolute atomic E-state index is 13.2. The summed E-state index contributed by atoms with van der Waals surface area (Å²) in [4.78, 5) is 11.9. The SMILES string of the molecule is CCCCCC1(CC[C@@H]2[C@@H](CC=CCCCC(=O)OC(C)C)[C@@H](O)C[C@H]2OS(=O)(=O)c2ccc(C)cc2)OCCO1. The molecule has 1 N–H and O–H groups in total. The standard InChI is InChI=1S/C32H50O8S/c1-5-6-11-19-32(37-21-22-38-32)20-18-28-27(12-9-7-8-10-13-31(34)39-24(2)3)29(33)23-30(28)40-41(35,36)26-16-14-25(4)15-17-26/h7,9,14-17,24,27-30,33H,5-6,8,10-13,18-23H2,1-4H3/t27-,28-,29+,30-/m1/s1. The number of hydrogen-bond donors (Lipinski definition) is 1. The summed E-state index contributed by atoms with van der Waals surface area (Å²) < 4.78 is 49.6. The van der Waals surface area contributed by atoms with Gasteiger partial charge in [-0.05, 0) is 76.8 Å². The number of aryl methyl sites for hydroxylation is 1. The number of benzene rings is 1. The fraction of sp³-hybridized carbons (Fsp3) is 0.719. The molecule has 1 aliphatic carbocycles. The average molecular weight is 595 g/mol. The number of rotatable bonds is 17. The van der Waals surface area contributed by atoms with E-state index in [0.29, 0.717) is 45.3 Å². The summed E-state index contributed by atoms with van der Waals surface area (Å²) in [6.07, 6.45) is 10.5. The van der Waals surface area contributed by atoms with Gasteiger partial charge in [-0.25, -0.2) is 0 Å². The van der Waals surface area contributed by atoms with Crippen LogP contribution in [0.25, 0.3) is 0 Å². The molecule has 1 saturated heterocycles. The summed E-state index contributed by atoms with van der Waals surface area (Å²) in [7, 11) is -4.00. The lowest BCUT2D eigenvalue weighted by molar-refractivity contribution is -0.171. The third kappa shape index (κ3) is 10.5. The third-order valence-electron chi connectivity index (χ3n) is 8.08. The normalized spacial score (nSPS) is 24.4. The van der Waals surface area contributed by atoms with E-state index in [0.717, 1.165) is 37.7 Å². The molecule has 9 heteroatoms. The van der Waals surface area contributed by atoms with Crippen molar-refractivity contribution in [1.29, 1.82) is 0 Å². The lowest BCUT2D eigenvalue weighted by atomic mass is 9.85. The number of hydrogen-bond acceptors (Lipinski definition) is 8. The monoisotopic (exact) mass is 594 g/mol. The number of aliphatic hydroxyl groups excluding tert-OH is 1. The second-order valence-corrected chi connectivity index (χ2v) is 13.3. The maximum atomic E-state index is 13.2. The van der Waals surface area contributed by atoms with E-state index in [9.17, 15) is 18.3 Å². The summed E-state index contributed by atoms with van der Waals surface area (Å²) >= 11 is 0. The number of allylic oxidation sites excluding steroid dienone is 2. The van der Waals surface area contributed by atoms with Crippen molar-refractivity contribution in [1.82, 2.24) is 0 Å². The van der Waals surface area contributed by atoms with Crippen LogP contribution in [0.15, 0.2) is 41.3 Å². The molecule has 2 fully saturated rings. The number of carbonyl (C=O) groups excluding carboxylic acids is 1. The van der Waals surface area contributed by atoms with Crippen molar-refractivity contribution in [3.05, 3.63) is 42.0 Å². The van der Waals surface area contributed by atoms with E-state index in [-0.39, 0.29) is 35.2 Å². The van der Waals surface area contributed by atoms with E-state index < -0.39 is 28.1 Å². The number of carbonyl (C=O) groups is 1. The van der Waals surface area contributed by atoms with Gasteiger partial charge in [0.25, 0.3) is 10.1 Å². The molecule has 1 heterocycles. The van der Waals surface area contributed by atoms with Crippen molar-refractivity contribution in [3.8, 4) is 0 Å².